The van der Waals surface area contributed by atoms with Crippen LogP contribution in [0.15, 0.2) is 24.4 Å². The van der Waals surface area contributed by atoms with Gasteiger partial charge in [-0.05, 0) is 19.1 Å². The van der Waals surface area contributed by atoms with Crippen molar-refractivity contribution in [3.8, 4) is 5.75 Å². The zero-order valence-corrected chi connectivity index (χ0v) is 10.8. The quantitative estimate of drug-likeness (QED) is 0.654. The minimum atomic E-state index is -0.600. The minimum absolute atomic E-state index is 0.101. The van der Waals surface area contributed by atoms with E-state index < -0.39 is 10.8 Å². The Morgan fingerprint density at radius 3 is 2.80 bits per heavy atom. The Kier molecular flexibility index (Phi) is 3.65. The molecule has 1 aromatic heterocycles. The summed E-state index contributed by atoms with van der Waals surface area (Å²) in [5, 5.41) is 19.9. The zero-order valence-electron chi connectivity index (χ0n) is 10.8. The summed E-state index contributed by atoms with van der Waals surface area (Å²) in [6.45, 7) is 1.77. The number of methoxy groups -OCH3 is 1. The standard InChI is InChI=1S/C12H12N4O4/c1-7-6-13-15-11(7)14-12(17)8-3-4-10(20-2)9(5-8)16(18)19/h3-6H,1-2H3,(H2,13,14,15,17). The number of nitrogens with one attached hydrogen (secondary N) is 2. The number of aryl methyl sites for hydroxylation is 1. The van der Waals surface area contributed by atoms with Gasteiger partial charge in [0.05, 0.1) is 18.2 Å². The molecule has 0 unspecified atom stereocenters. The number of aromatic nitrogens is 2. The number of nitro benzene ring substituents is 1. The van der Waals surface area contributed by atoms with E-state index in [4.69, 9.17) is 4.74 Å². The van der Waals surface area contributed by atoms with Crippen molar-refractivity contribution in [2.75, 3.05) is 12.4 Å². The molecule has 0 spiro atoms. The molecule has 8 heteroatoms. The monoisotopic (exact) mass is 276 g/mol. The molecule has 0 saturated heterocycles. The molecule has 0 bridgehead atoms. The Morgan fingerprint density at radius 2 is 2.25 bits per heavy atom. The number of rotatable bonds is 4. The van der Waals surface area contributed by atoms with E-state index in [9.17, 15) is 14.9 Å². The summed E-state index contributed by atoms with van der Waals surface area (Å²) < 4.78 is 4.88. The fourth-order valence-corrected chi connectivity index (χ4v) is 1.63. The Hall–Kier alpha value is -2.90. The molecule has 20 heavy (non-hydrogen) atoms. The molecule has 0 radical (unpaired) electrons. The maximum absolute atomic E-state index is 12.0. The summed E-state index contributed by atoms with van der Waals surface area (Å²) in [5.74, 6) is 0.0841. The SMILES string of the molecule is COc1ccc(C(=O)Nc2[nH]ncc2C)cc1[N+](=O)[O-]. The molecular weight excluding hydrogens is 264 g/mol. The van der Waals surface area contributed by atoms with Gasteiger partial charge in [0.15, 0.2) is 5.75 Å². The summed E-state index contributed by atoms with van der Waals surface area (Å²) >= 11 is 0. The third-order valence-corrected chi connectivity index (χ3v) is 2.71. The maximum atomic E-state index is 12.0. The molecule has 8 nitrogen and oxygen atoms in total. The van der Waals surface area contributed by atoms with Crippen molar-refractivity contribution in [2.24, 2.45) is 0 Å². The fourth-order valence-electron chi connectivity index (χ4n) is 1.63. The number of carbonyl (C=O) groups is 1. The van der Waals surface area contributed by atoms with E-state index in [-0.39, 0.29) is 17.0 Å². The number of ether oxygens (including phenoxy) is 1. The van der Waals surface area contributed by atoms with Gasteiger partial charge in [0.2, 0.25) is 0 Å². The van der Waals surface area contributed by atoms with Crippen LogP contribution in [0.2, 0.25) is 0 Å². The Labute approximate surface area is 113 Å². The summed E-state index contributed by atoms with van der Waals surface area (Å²) in [6, 6.07) is 4.00. The van der Waals surface area contributed by atoms with Gasteiger partial charge in [-0.2, -0.15) is 5.10 Å². The molecule has 0 aliphatic rings. The van der Waals surface area contributed by atoms with Gasteiger partial charge in [-0.3, -0.25) is 20.0 Å². The normalized spacial score (nSPS) is 10.1. The van der Waals surface area contributed by atoms with Crippen molar-refractivity contribution in [2.45, 2.75) is 6.92 Å². The smallest absolute Gasteiger partial charge is 0.311 e. The highest BCUT2D eigenvalue weighted by atomic mass is 16.6. The van der Waals surface area contributed by atoms with Crippen LogP contribution in [0.1, 0.15) is 15.9 Å². The number of hydrogen-bond donors (Lipinski definition) is 2. The van der Waals surface area contributed by atoms with Gasteiger partial charge in [-0.15, -0.1) is 0 Å². The van der Waals surface area contributed by atoms with E-state index >= 15 is 0 Å². The van der Waals surface area contributed by atoms with E-state index in [1.54, 1.807) is 13.1 Å². The molecule has 2 rings (SSSR count). The summed E-state index contributed by atoms with van der Waals surface area (Å²) in [7, 11) is 1.33. The van der Waals surface area contributed by atoms with Crippen molar-refractivity contribution in [1.29, 1.82) is 0 Å². The minimum Gasteiger partial charge on any atom is -0.490 e. The molecular formula is C12H12N4O4. The van der Waals surface area contributed by atoms with Gasteiger partial charge in [0.25, 0.3) is 5.91 Å². The third kappa shape index (κ3) is 2.58. The van der Waals surface area contributed by atoms with Crippen molar-refractivity contribution >= 4 is 17.4 Å². The van der Waals surface area contributed by atoms with Gasteiger partial charge in [0, 0.05) is 17.2 Å². The second kappa shape index (κ2) is 5.39. The lowest BCUT2D eigenvalue weighted by atomic mass is 10.1. The average Bonchev–Trinajstić information content (AvgIpc) is 2.83. The van der Waals surface area contributed by atoms with Crippen LogP contribution >= 0.6 is 0 Å². The molecule has 0 saturated carbocycles. The van der Waals surface area contributed by atoms with E-state index in [0.717, 1.165) is 5.56 Å². The van der Waals surface area contributed by atoms with Gasteiger partial charge in [0.1, 0.15) is 5.82 Å². The molecule has 2 aromatic rings. The second-order valence-corrected chi connectivity index (χ2v) is 4.03. The molecule has 1 amide bonds. The molecule has 0 aliphatic heterocycles. The molecule has 0 fully saturated rings. The first-order valence-corrected chi connectivity index (χ1v) is 5.66. The van der Waals surface area contributed by atoms with Gasteiger partial charge >= 0.3 is 5.69 Å². The van der Waals surface area contributed by atoms with Crippen LogP contribution in [0.3, 0.4) is 0 Å². The lowest BCUT2D eigenvalue weighted by Crippen LogP contribution is -2.13. The average molecular weight is 276 g/mol. The Morgan fingerprint density at radius 1 is 1.50 bits per heavy atom. The van der Waals surface area contributed by atoms with Crippen LogP contribution in [-0.4, -0.2) is 28.1 Å². The number of benzene rings is 1. The lowest BCUT2D eigenvalue weighted by Gasteiger charge is -2.06. The van der Waals surface area contributed by atoms with E-state index in [0.29, 0.717) is 5.82 Å². The predicted octanol–water partition coefficient (Wildman–Crippen LogP) is 1.89. The maximum Gasteiger partial charge on any atom is 0.311 e. The van der Waals surface area contributed by atoms with Crippen molar-refractivity contribution in [3.05, 3.63) is 45.6 Å². The highest BCUT2D eigenvalue weighted by Crippen LogP contribution is 2.27. The van der Waals surface area contributed by atoms with E-state index in [2.05, 4.69) is 15.5 Å². The van der Waals surface area contributed by atoms with Crippen LogP contribution in [0, 0.1) is 17.0 Å². The predicted molar refractivity (Wildman–Crippen MR) is 70.9 cm³/mol. The third-order valence-electron chi connectivity index (χ3n) is 2.71. The van der Waals surface area contributed by atoms with Gasteiger partial charge < -0.3 is 10.1 Å². The highest BCUT2D eigenvalue weighted by molar-refractivity contribution is 6.04. The Balaban J connectivity index is 2.29. The fraction of sp³-hybridized carbons (Fsp3) is 0.167. The Bertz CT molecular complexity index is 665. The first kappa shape index (κ1) is 13.5. The topological polar surface area (TPSA) is 110 Å². The van der Waals surface area contributed by atoms with Gasteiger partial charge in [-0.25, -0.2) is 0 Å². The number of nitrogens with zero attached hydrogens (tertiary/aromatic N) is 2. The number of amides is 1. The lowest BCUT2D eigenvalue weighted by molar-refractivity contribution is -0.385. The number of hydrogen-bond acceptors (Lipinski definition) is 5. The van der Waals surface area contributed by atoms with Crippen molar-refractivity contribution in [3.63, 3.8) is 0 Å². The number of carbonyl (C=O) groups excluding carboxylic acids is 1. The first-order chi connectivity index (χ1) is 9.52. The van der Waals surface area contributed by atoms with Crippen LogP contribution in [0.25, 0.3) is 0 Å². The number of nitro groups is 1. The molecule has 1 heterocycles. The van der Waals surface area contributed by atoms with E-state index in [1.165, 1.54) is 25.3 Å². The molecule has 2 N–H and O–H groups in total. The van der Waals surface area contributed by atoms with Crippen LogP contribution < -0.4 is 10.1 Å². The zero-order chi connectivity index (χ0) is 14.7. The number of anilines is 1. The molecule has 0 aliphatic carbocycles. The summed E-state index contributed by atoms with van der Waals surface area (Å²) in [6.07, 6.45) is 1.56. The number of aromatic amines is 1. The van der Waals surface area contributed by atoms with Crippen LogP contribution in [-0.2, 0) is 0 Å². The van der Waals surface area contributed by atoms with Crippen molar-refractivity contribution in [1.82, 2.24) is 10.2 Å². The second-order valence-electron chi connectivity index (χ2n) is 4.03. The largest absolute Gasteiger partial charge is 0.490 e. The molecule has 0 atom stereocenters. The first-order valence-electron chi connectivity index (χ1n) is 5.66. The van der Waals surface area contributed by atoms with Crippen LogP contribution in [0.5, 0.6) is 5.75 Å². The van der Waals surface area contributed by atoms with Gasteiger partial charge in [-0.1, -0.05) is 0 Å². The summed E-state index contributed by atoms with van der Waals surface area (Å²) in [4.78, 5) is 22.3. The highest BCUT2D eigenvalue weighted by Gasteiger charge is 2.18. The van der Waals surface area contributed by atoms with Crippen molar-refractivity contribution < 1.29 is 14.5 Å². The van der Waals surface area contributed by atoms with Crippen LogP contribution in [0.4, 0.5) is 11.5 Å². The molecule has 104 valence electrons. The summed E-state index contributed by atoms with van der Waals surface area (Å²) in [5.41, 5.74) is 0.661. The van der Waals surface area contributed by atoms with E-state index in [1.807, 2.05) is 0 Å². The molecule has 1 aromatic carbocycles. The number of H-pyrrole nitrogens is 1.